The average Bonchev–Trinajstić information content (AvgIpc) is 2.90. The Morgan fingerprint density at radius 3 is 1.87 bits per heavy atom. The quantitative estimate of drug-likeness (QED) is 0.218. The maximum absolute atomic E-state index is 14.0. The molecule has 3 aromatic rings. The molecule has 0 saturated heterocycles. The van der Waals surface area contributed by atoms with Gasteiger partial charge < -0.3 is 23.8 Å². The van der Waals surface area contributed by atoms with Crippen molar-refractivity contribution in [1.29, 1.82) is 0 Å². The minimum absolute atomic E-state index is 0.148. The van der Waals surface area contributed by atoms with Crippen molar-refractivity contribution in [1.82, 2.24) is 0 Å². The maximum atomic E-state index is 14.0. The largest absolute Gasteiger partial charge is 0.490 e. The molecule has 0 aliphatic rings. The van der Waals surface area contributed by atoms with E-state index in [1.807, 2.05) is 20.8 Å². The number of nitrogens with zero attached hydrogens (tertiary/aromatic N) is 1. The Kier molecular flexibility index (Phi) is 10.7. The molecule has 0 unspecified atom stereocenters. The van der Waals surface area contributed by atoms with Crippen molar-refractivity contribution in [3.63, 3.8) is 0 Å². The zero-order valence-electron chi connectivity index (χ0n) is 21.9. The molecule has 0 bridgehead atoms. The zero-order chi connectivity index (χ0) is 27.7. The lowest BCUT2D eigenvalue weighted by Gasteiger charge is -2.25. The number of anilines is 1. The molecule has 0 aliphatic carbocycles. The van der Waals surface area contributed by atoms with Gasteiger partial charge in [0.2, 0.25) is 5.75 Å². The molecule has 1 amide bonds. The van der Waals surface area contributed by atoms with Crippen LogP contribution in [-0.2, 0) is 11.3 Å². The monoisotopic (exact) mass is 559 g/mol. The van der Waals surface area contributed by atoms with Crippen LogP contribution >= 0.6 is 23.2 Å². The van der Waals surface area contributed by atoms with Crippen LogP contribution in [0.15, 0.2) is 54.6 Å². The molecule has 0 aliphatic heterocycles. The van der Waals surface area contributed by atoms with Crippen LogP contribution in [0.2, 0.25) is 10.0 Å². The fourth-order valence-corrected chi connectivity index (χ4v) is 4.23. The molecule has 0 saturated carbocycles. The van der Waals surface area contributed by atoms with Crippen molar-refractivity contribution in [3.05, 3.63) is 81.3 Å². The number of carbonyl (C=O) groups excluding carboxylic acids is 2. The molecule has 0 fully saturated rings. The molecule has 202 valence electrons. The predicted octanol–water partition coefficient (Wildman–Crippen LogP) is 7.21. The van der Waals surface area contributed by atoms with Gasteiger partial charge in [0, 0.05) is 21.3 Å². The molecule has 3 rings (SSSR count). The van der Waals surface area contributed by atoms with Crippen LogP contribution in [0.25, 0.3) is 0 Å². The molecule has 9 heteroatoms. The van der Waals surface area contributed by atoms with E-state index in [1.54, 1.807) is 66.4 Å². The van der Waals surface area contributed by atoms with E-state index in [4.69, 9.17) is 42.1 Å². The van der Waals surface area contributed by atoms with Crippen LogP contribution < -0.4 is 19.1 Å². The van der Waals surface area contributed by atoms with Crippen LogP contribution in [0.4, 0.5) is 5.69 Å². The summed E-state index contributed by atoms with van der Waals surface area (Å²) in [5, 5.41) is 0.916. The Morgan fingerprint density at radius 1 is 0.737 bits per heavy atom. The van der Waals surface area contributed by atoms with E-state index in [-0.39, 0.29) is 19.1 Å². The normalized spacial score (nSPS) is 10.6. The summed E-state index contributed by atoms with van der Waals surface area (Å²) in [5.41, 5.74) is 1.96. The second-order valence-corrected chi connectivity index (χ2v) is 8.84. The minimum Gasteiger partial charge on any atom is -0.490 e. The Labute approximate surface area is 233 Å². The predicted molar refractivity (Wildman–Crippen MR) is 149 cm³/mol. The maximum Gasteiger partial charge on any atom is 0.338 e. The van der Waals surface area contributed by atoms with Crippen molar-refractivity contribution in [2.24, 2.45) is 0 Å². The number of ether oxygens (including phenoxy) is 4. The molecule has 0 heterocycles. The van der Waals surface area contributed by atoms with E-state index >= 15 is 0 Å². The van der Waals surface area contributed by atoms with Crippen LogP contribution in [0.3, 0.4) is 0 Å². The van der Waals surface area contributed by atoms with Crippen LogP contribution in [0.5, 0.6) is 17.2 Å². The summed E-state index contributed by atoms with van der Waals surface area (Å²) in [5.74, 6) is 0.493. The van der Waals surface area contributed by atoms with Crippen molar-refractivity contribution >= 4 is 40.8 Å². The summed E-state index contributed by atoms with van der Waals surface area (Å²) in [6, 6.07) is 15.0. The number of hydrogen-bond acceptors (Lipinski definition) is 6. The lowest BCUT2D eigenvalue weighted by molar-refractivity contribution is 0.0526. The highest BCUT2D eigenvalue weighted by atomic mass is 35.5. The van der Waals surface area contributed by atoms with E-state index in [1.165, 1.54) is 0 Å². The minimum atomic E-state index is -0.438. The van der Waals surface area contributed by atoms with E-state index in [0.717, 1.165) is 0 Å². The molecule has 0 N–H and O–H groups in total. The summed E-state index contributed by atoms with van der Waals surface area (Å²) >= 11 is 12.5. The van der Waals surface area contributed by atoms with Gasteiger partial charge in [-0.05, 0) is 81.8 Å². The number of esters is 1. The molecule has 38 heavy (non-hydrogen) atoms. The van der Waals surface area contributed by atoms with Gasteiger partial charge in [-0.25, -0.2) is 4.79 Å². The fourth-order valence-electron chi connectivity index (χ4n) is 3.76. The number of halogens is 2. The summed E-state index contributed by atoms with van der Waals surface area (Å²) < 4.78 is 22.5. The summed E-state index contributed by atoms with van der Waals surface area (Å²) in [7, 11) is 0. The van der Waals surface area contributed by atoms with E-state index in [2.05, 4.69) is 0 Å². The van der Waals surface area contributed by atoms with E-state index < -0.39 is 5.97 Å². The van der Waals surface area contributed by atoms with Gasteiger partial charge in [-0.2, -0.15) is 0 Å². The highest BCUT2D eigenvalue weighted by Crippen LogP contribution is 2.40. The molecule has 0 atom stereocenters. The van der Waals surface area contributed by atoms with E-state index in [9.17, 15) is 9.59 Å². The molecule has 7 nitrogen and oxygen atoms in total. The zero-order valence-corrected chi connectivity index (χ0v) is 23.4. The molecule has 0 radical (unpaired) electrons. The van der Waals surface area contributed by atoms with Crippen molar-refractivity contribution in [2.75, 3.05) is 31.3 Å². The molecule has 0 spiro atoms. The molecule has 3 aromatic carbocycles. The van der Waals surface area contributed by atoms with Crippen LogP contribution in [-0.4, -0.2) is 38.3 Å². The Morgan fingerprint density at radius 2 is 1.34 bits per heavy atom. The number of benzene rings is 3. The number of hydrogen-bond donors (Lipinski definition) is 0. The third kappa shape index (κ3) is 7.11. The van der Waals surface area contributed by atoms with Gasteiger partial charge in [0.1, 0.15) is 0 Å². The van der Waals surface area contributed by atoms with Gasteiger partial charge in [-0.1, -0.05) is 29.3 Å². The fraction of sp³-hybridized carbons (Fsp3) is 0.310. The highest BCUT2D eigenvalue weighted by molar-refractivity contribution is 6.35. The number of amides is 1. The summed E-state index contributed by atoms with van der Waals surface area (Å²) in [6.45, 7) is 8.88. The summed E-state index contributed by atoms with van der Waals surface area (Å²) in [4.78, 5) is 27.8. The first-order chi connectivity index (χ1) is 18.3. The Balaban J connectivity index is 2.10. The summed E-state index contributed by atoms with van der Waals surface area (Å²) in [6.07, 6.45) is 0. The van der Waals surface area contributed by atoms with Crippen LogP contribution in [0, 0.1) is 0 Å². The Hall–Kier alpha value is -3.42. The standard InChI is InChI=1S/C29H31Cl2NO6/c1-5-35-25-15-21(16-26(36-6-2)27(25)37-7-3)28(33)32(18-20-9-12-22(30)17-24(20)31)23-13-10-19(11-14-23)29(34)38-8-4/h9-17H,5-8,18H2,1-4H3. The first kappa shape index (κ1) is 29.1. The topological polar surface area (TPSA) is 74.3 Å². The lowest BCUT2D eigenvalue weighted by Crippen LogP contribution is -2.30. The second kappa shape index (κ2) is 13.9. The molecular formula is C29H31Cl2NO6. The highest BCUT2D eigenvalue weighted by Gasteiger charge is 2.24. The SMILES string of the molecule is CCOC(=O)c1ccc(N(Cc2ccc(Cl)cc2Cl)C(=O)c2cc(OCC)c(OCC)c(OCC)c2)cc1. The van der Waals surface area contributed by atoms with Gasteiger partial charge in [0.15, 0.2) is 11.5 Å². The second-order valence-electron chi connectivity index (χ2n) is 8.00. The van der Waals surface area contributed by atoms with Gasteiger partial charge in [-0.15, -0.1) is 0 Å². The number of rotatable bonds is 12. The number of carbonyl (C=O) groups is 2. The van der Waals surface area contributed by atoms with Crippen molar-refractivity contribution in [2.45, 2.75) is 34.2 Å². The first-order valence-corrected chi connectivity index (χ1v) is 13.2. The smallest absolute Gasteiger partial charge is 0.338 e. The van der Waals surface area contributed by atoms with Gasteiger partial charge >= 0.3 is 5.97 Å². The molecular weight excluding hydrogens is 529 g/mol. The van der Waals surface area contributed by atoms with Crippen molar-refractivity contribution < 1.29 is 28.5 Å². The van der Waals surface area contributed by atoms with Gasteiger partial charge in [0.05, 0.1) is 38.5 Å². The third-order valence-electron chi connectivity index (χ3n) is 5.43. The van der Waals surface area contributed by atoms with Crippen LogP contribution in [0.1, 0.15) is 54.0 Å². The first-order valence-electron chi connectivity index (χ1n) is 12.4. The van der Waals surface area contributed by atoms with Gasteiger partial charge in [0.25, 0.3) is 5.91 Å². The van der Waals surface area contributed by atoms with E-state index in [0.29, 0.717) is 69.5 Å². The third-order valence-corrected chi connectivity index (χ3v) is 6.02. The average molecular weight is 560 g/mol. The van der Waals surface area contributed by atoms with Crippen molar-refractivity contribution in [3.8, 4) is 17.2 Å². The van der Waals surface area contributed by atoms with Gasteiger partial charge in [-0.3, -0.25) is 4.79 Å². The lowest BCUT2D eigenvalue weighted by atomic mass is 10.1. The molecule has 0 aromatic heterocycles. The Bertz CT molecular complexity index is 1240.